The number of benzene rings is 1. The van der Waals surface area contributed by atoms with E-state index in [-0.39, 0.29) is 12.5 Å². The van der Waals surface area contributed by atoms with E-state index in [1.165, 1.54) is 4.90 Å². The largest absolute Gasteiger partial charge is 0.484 e. The molecule has 1 N–H and O–H groups in total. The predicted molar refractivity (Wildman–Crippen MR) is 73.8 cm³/mol. The van der Waals surface area contributed by atoms with Crippen LogP contribution in [0.25, 0.3) is 0 Å². The number of hydrogen-bond acceptors (Lipinski definition) is 4. The van der Waals surface area contributed by atoms with Crippen LogP contribution >= 0.6 is 0 Å². The number of hydrogen-bond donors (Lipinski definition) is 1. The molecule has 5 nitrogen and oxygen atoms in total. The number of rotatable bonds is 6. The second kappa shape index (κ2) is 7.41. The molecule has 1 amide bonds. The van der Waals surface area contributed by atoms with Gasteiger partial charge in [-0.15, -0.1) is 0 Å². The molecule has 1 rings (SSSR count). The molecule has 1 aromatic rings. The molecule has 0 bridgehead atoms. The van der Waals surface area contributed by atoms with Crippen molar-refractivity contribution in [2.45, 2.75) is 19.8 Å². The average Bonchev–Trinajstić information content (AvgIpc) is 2.42. The van der Waals surface area contributed by atoms with Crippen molar-refractivity contribution in [3.63, 3.8) is 0 Å². The van der Waals surface area contributed by atoms with Crippen molar-refractivity contribution < 1.29 is 14.7 Å². The number of oxime groups is 1. The summed E-state index contributed by atoms with van der Waals surface area (Å²) in [7, 11) is 3.39. The number of carbonyl (C=O) groups is 1. The lowest BCUT2D eigenvalue weighted by Gasteiger charge is -2.11. The number of carbonyl (C=O) groups excluding carboxylic acids is 1. The first-order valence-electron chi connectivity index (χ1n) is 6.12. The van der Waals surface area contributed by atoms with Crippen LogP contribution < -0.4 is 4.74 Å². The maximum Gasteiger partial charge on any atom is 0.259 e. The molecule has 19 heavy (non-hydrogen) atoms. The first-order valence-corrected chi connectivity index (χ1v) is 6.12. The van der Waals surface area contributed by atoms with Crippen LogP contribution in [0.3, 0.4) is 0 Å². The van der Waals surface area contributed by atoms with E-state index in [0.29, 0.717) is 11.5 Å². The van der Waals surface area contributed by atoms with Crippen molar-refractivity contribution >= 4 is 11.6 Å². The summed E-state index contributed by atoms with van der Waals surface area (Å²) in [5.74, 6) is 0.602. The molecule has 0 radical (unpaired) electrons. The Kier molecular flexibility index (Phi) is 5.85. The summed E-state index contributed by atoms with van der Waals surface area (Å²) in [6.45, 7) is 1.83. The Hall–Kier alpha value is -2.04. The van der Waals surface area contributed by atoms with Gasteiger partial charge >= 0.3 is 0 Å². The minimum Gasteiger partial charge on any atom is -0.484 e. The van der Waals surface area contributed by atoms with Gasteiger partial charge in [0.05, 0.1) is 5.71 Å². The van der Waals surface area contributed by atoms with Crippen molar-refractivity contribution in [3.8, 4) is 5.75 Å². The van der Waals surface area contributed by atoms with Gasteiger partial charge in [-0.25, -0.2) is 0 Å². The number of nitrogens with zero attached hydrogens (tertiary/aromatic N) is 2. The third-order valence-corrected chi connectivity index (χ3v) is 2.73. The van der Waals surface area contributed by atoms with Crippen molar-refractivity contribution in [2.24, 2.45) is 5.16 Å². The van der Waals surface area contributed by atoms with Gasteiger partial charge in [0.25, 0.3) is 5.91 Å². The Balaban J connectivity index is 2.45. The minimum atomic E-state index is -0.0705. The summed E-state index contributed by atoms with van der Waals surface area (Å²) >= 11 is 0. The van der Waals surface area contributed by atoms with Gasteiger partial charge in [-0.3, -0.25) is 4.79 Å². The zero-order valence-corrected chi connectivity index (χ0v) is 11.6. The molecule has 0 saturated carbocycles. The lowest BCUT2D eigenvalue weighted by Crippen LogP contribution is -2.27. The minimum absolute atomic E-state index is 0.0443. The smallest absolute Gasteiger partial charge is 0.259 e. The highest BCUT2D eigenvalue weighted by molar-refractivity contribution is 5.81. The lowest BCUT2D eigenvalue weighted by atomic mass is 10.1. The average molecular weight is 264 g/mol. The number of amides is 1. The Morgan fingerprint density at radius 2 is 1.95 bits per heavy atom. The monoisotopic (exact) mass is 264 g/mol. The highest BCUT2D eigenvalue weighted by Gasteiger charge is 2.04. The second-order valence-corrected chi connectivity index (χ2v) is 4.56. The molecule has 0 heterocycles. The van der Waals surface area contributed by atoms with E-state index in [2.05, 4.69) is 5.16 Å². The molecule has 104 valence electrons. The molecular weight excluding hydrogens is 244 g/mol. The van der Waals surface area contributed by atoms with Gasteiger partial charge in [0.1, 0.15) is 5.75 Å². The fraction of sp³-hybridized carbons (Fsp3) is 0.429. The van der Waals surface area contributed by atoms with Crippen molar-refractivity contribution in [3.05, 3.63) is 29.8 Å². The molecule has 0 atom stereocenters. The summed E-state index contributed by atoms with van der Waals surface area (Å²) in [5, 5.41) is 11.7. The Morgan fingerprint density at radius 3 is 2.47 bits per heavy atom. The highest BCUT2D eigenvalue weighted by atomic mass is 16.5. The zero-order valence-electron chi connectivity index (χ0n) is 11.6. The normalized spacial score (nSPS) is 11.2. The Morgan fingerprint density at radius 1 is 1.32 bits per heavy atom. The Labute approximate surface area is 113 Å². The van der Waals surface area contributed by atoms with Crippen LogP contribution in [0.5, 0.6) is 5.75 Å². The number of likely N-dealkylation sites (N-methyl/N-ethyl adjacent to an activating group) is 1. The molecule has 0 unspecified atom stereocenters. The maximum atomic E-state index is 11.4. The second-order valence-electron chi connectivity index (χ2n) is 4.56. The van der Waals surface area contributed by atoms with Crippen LogP contribution in [-0.4, -0.2) is 42.4 Å². The van der Waals surface area contributed by atoms with Crippen molar-refractivity contribution in [1.29, 1.82) is 0 Å². The van der Waals surface area contributed by atoms with Gasteiger partial charge in [0.2, 0.25) is 0 Å². The van der Waals surface area contributed by atoms with E-state index in [1.807, 2.05) is 24.3 Å². The third kappa shape index (κ3) is 5.42. The number of ether oxygens (including phenoxy) is 1. The van der Waals surface area contributed by atoms with E-state index < -0.39 is 0 Å². The molecule has 0 aromatic heterocycles. The van der Waals surface area contributed by atoms with E-state index in [4.69, 9.17) is 9.94 Å². The molecule has 0 saturated heterocycles. The van der Waals surface area contributed by atoms with Crippen LogP contribution in [0.1, 0.15) is 18.9 Å². The van der Waals surface area contributed by atoms with E-state index in [1.54, 1.807) is 21.0 Å². The molecule has 0 fully saturated rings. The van der Waals surface area contributed by atoms with Crippen LogP contribution in [0.2, 0.25) is 0 Å². The van der Waals surface area contributed by atoms with E-state index in [0.717, 1.165) is 18.4 Å². The molecular formula is C14H20N2O3. The van der Waals surface area contributed by atoms with Crippen molar-refractivity contribution in [1.82, 2.24) is 4.90 Å². The molecule has 0 aliphatic rings. The maximum absolute atomic E-state index is 11.4. The van der Waals surface area contributed by atoms with Crippen LogP contribution in [0, 0.1) is 0 Å². The molecule has 1 aromatic carbocycles. The lowest BCUT2D eigenvalue weighted by molar-refractivity contribution is -0.130. The van der Waals surface area contributed by atoms with Gasteiger partial charge in [0, 0.05) is 14.1 Å². The van der Waals surface area contributed by atoms with E-state index >= 15 is 0 Å². The molecule has 0 spiro atoms. The first-order chi connectivity index (χ1) is 9.02. The van der Waals surface area contributed by atoms with Gasteiger partial charge in [-0.1, -0.05) is 17.3 Å². The summed E-state index contributed by atoms with van der Waals surface area (Å²) in [6.07, 6.45) is 1.53. The van der Waals surface area contributed by atoms with Crippen LogP contribution in [0.4, 0.5) is 0 Å². The predicted octanol–water partition coefficient (Wildman–Crippen LogP) is 1.94. The van der Waals surface area contributed by atoms with Gasteiger partial charge < -0.3 is 14.8 Å². The number of aryl methyl sites for hydroxylation is 1. The van der Waals surface area contributed by atoms with Crippen LogP contribution in [-0.2, 0) is 11.2 Å². The highest BCUT2D eigenvalue weighted by Crippen LogP contribution is 2.13. The van der Waals surface area contributed by atoms with E-state index in [9.17, 15) is 4.79 Å². The first kappa shape index (κ1) is 15.0. The molecule has 0 aliphatic carbocycles. The fourth-order valence-electron chi connectivity index (χ4n) is 1.40. The fourth-order valence-corrected chi connectivity index (χ4v) is 1.40. The summed E-state index contributed by atoms with van der Waals surface area (Å²) < 4.78 is 5.38. The van der Waals surface area contributed by atoms with Crippen LogP contribution in [0.15, 0.2) is 29.4 Å². The topological polar surface area (TPSA) is 62.1 Å². The van der Waals surface area contributed by atoms with Crippen molar-refractivity contribution in [2.75, 3.05) is 20.7 Å². The summed E-state index contributed by atoms with van der Waals surface area (Å²) in [5.41, 5.74) is 1.84. The van der Waals surface area contributed by atoms with Gasteiger partial charge in [-0.05, 0) is 37.5 Å². The van der Waals surface area contributed by atoms with Gasteiger partial charge in [-0.2, -0.15) is 0 Å². The quantitative estimate of drug-likeness (QED) is 0.485. The summed E-state index contributed by atoms with van der Waals surface area (Å²) in [4.78, 5) is 12.8. The van der Waals surface area contributed by atoms with Gasteiger partial charge in [0.15, 0.2) is 6.61 Å². The third-order valence-electron chi connectivity index (χ3n) is 2.73. The molecule has 0 aliphatic heterocycles. The summed E-state index contributed by atoms with van der Waals surface area (Å²) in [6, 6.07) is 7.56. The molecule has 5 heteroatoms. The standard InChI is InChI=1S/C14H20N2O3/c1-11(15-18)4-5-12-6-8-13(9-7-12)19-10-14(17)16(2)3/h6-9,18H,4-5,10H2,1-3H3/b15-11+. The Bertz CT molecular complexity index is 439. The SMILES string of the molecule is C/C(CCc1ccc(OCC(=O)N(C)C)cc1)=N\O. The zero-order chi connectivity index (χ0) is 14.3.